The summed E-state index contributed by atoms with van der Waals surface area (Å²) >= 11 is 0. The van der Waals surface area contributed by atoms with Crippen LogP contribution < -0.4 is 16.4 Å². The Morgan fingerprint density at radius 1 is 1.16 bits per heavy atom. The molecule has 1 aliphatic heterocycles. The van der Waals surface area contributed by atoms with Crippen LogP contribution in [0.15, 0.2) is 18.3 Å². The number of nitrogens with zero attached hydrogens (tertiary/aromatic N) is 2. The maximum Gasteiger partial charge on any atom is 0.471 e. The Labute approximate surface area is 212 Å². The van der Waals surface area contributed by atoms with E-state index in [9.17, 15) is 32.3 Å². The molecule has 0 spiro atoms. The van der Waals surface area contributed by atoms with Crippen molar-refractivity contribution in [2.24, 2.45) is 28.4 Å². The van der Waals surface area contributed by atoms with E-state index in [4.69, 9.17) is 5.73 Å². The lowest BCUT2D eigenvalue weighted by atomic mass is 9.85. The molecule has 4 rings (SSSR count). The van der Waals surface area contributed by atoms with Crippen LogP contribution in [0.5, 0.6) is 0 Å². The zero-order chi connectivity index (χ0) is 27.7. The van der Waals surface area contributed by atoms with Crippen molar-refractivity contribution in [3.05, 3.63) is 29.6 Å². The van der Waals surface area contributed by atoms with E-state index in [0.29, 0.717) is 5.69 Å². The summed E-state index contributed by atoms with van der Waals surface area (Å²) in [5.74, 6) is -4.67. The number of pyridine rings is 1. The summed E-state index contributed by atoms with van der Waals surface area (Å²) in [6, 6.07) is 0.950. The first-order valence-electron chi connectivity index (χ1n) is 12.1. The van der Waals surface area contributed by atoms with Crippen molar-refractivity contribution in [3.63, 3.8) is 0 Å². The first-order valence-corrected chi connectivity index (χ1v) is 12.1. The van der Waals surface area contributed by atoms with Crippen LogP contribution in [-0.4, -0.2) is 63.9 Å². The maximum absolute atomic E-state index is 13.8. The number of piperidine rings is 1. The number of nitrogens with two attached hydrogens (primary N) is 1. The molecular weight excluding hydrogens is 491 g/mol. The molecule has 0 aromatic carbocycles. The lowest BCUT2D eigenvalue weighted by Crippen LogP contribution is -2.64. The van der Waals surface area contributed by atoms with Crippen molar-refractivity contribution in [1.82, 2.24) is 20.5 Å². The molecule has 2 unspecified atom stereocenters. The molecule has 2 aliphatic carbocycles. The molecule has 4 amide bonds. The molecule has 2 fully saturated rings. The van der Waals surface area contributed by atoms with Gasteiger partial charge in [-0.3, -0.25) is 24.2 Å². The van der Waals surface area contributed by atoms with Gasteiger partial charge in [-0.05, 0) is 34.3 Å². The zero-order valence-electron chi connectivity index (χ0n) is 21.4. The van der Waals surface area contributed by atoms with Crippen LogP contribution in [0.2, 0.25) is 0 Å². The van der Waals surface area contributed by atoms with Gasteiger partial charge in [-0.2, -0.15) is 13.2 Å². The number of rotatable bonds is 5. The van der Waals surface area contributed by atoms with Gasteiger partial charge in [0.05, 0.1) is 0 Å². The predicted octanol–water partition coefficient (Wildman–Crippen LogP) is 1.10. The molecule has 1 aromatic heterocycles. The van der Waals surface area contributed by atoms with Gasteiger partial charge < -0.3 is 21.3 Å². The smallest absolute Gasteiger partial charge is 0.368 e. The molecule has 0 bridgehead atoms. The molecule has 202 valence electrons. The fourth-order valence-electron chi connectivity index (χ4n) is 5.94. The molecule has 2 heterocycles. The van der Waals surface area contributed by atoms with Gasteiger partial charge in [0.15, 0.2) is 0 Å². The number of aromatic nitrogens is 1. The molecule has 0 radical (unpaired) electrons. The van der Waals surface area contributed by atoms with Crippen LogP contribution in [-0.2, 0) is 32.0 Å². The zero-order valence-corrected chi connectivity index (χ0v) is 21.4. The topological polar surface area (TPSA) is 134 Å². The number of hydrogen-bond acceptors (Lipinski definition) is 5. The summed E-state index contributed by atoms with van der Waals surface area (Å²) in [6.07, 6.45) is -3.36. The van der Waals surface area contributed by atoms with Crippen molar-refractivity contribution in [2.75, 3.05) is 6.54 Å². The van der Waals surface area contributed by atoms with Crippen molar-refractivity contribution >= 4 is 23.6 Å². The molecule has 4 N–H and O–H groups in total. The first kappa shape index (κ1) is 26.9. The normalized spacial score (nSPS) is 28.6. The van der Waals surface area contributed by atoms with Crippen molar-refractivity contribution in [3.8, 4) is 0 Å². The number of carbonyl (C=O) groups excluding carboxylic acids is 4. The molecule has 1 aromatic rings. The molecule has 12 heteroatoms. The number of primary amides is 1. The Balaban J connectivity index is 1.62. The highest BCUT2D eigenvalue weighted by Gasteiger charge is 2.70. The Morgan fingerprint density at radius 2 is 1.81 bits per heavy atom. The van der Waals surface area contributed by atoms with Gasteiger partial charge in [0.1, 0.15) is 17.6 Å². The van der Waals surface area contributed by atoms with E-state index >= 15 is 0 Å². The molecule has 1 saturated carbocycles. The highest BCUT2D eigenvalue weighted by atomic mass is 19.4. The maximum atomic E-state index is 13.8. The van der Waals surface area contributed by atoms with Gasteiger partial charge in [0.25, 0.3) is 0 Å². The standard InChI is InChI=1S/C25H32F3N5O4/c1-22(2,3)17(31-21(37)25(26,27)28)19(35)33-11-13-15(23(13,4)5)16(33)18(34)32-24(20(29)36)9-12-7-6-8-30-14(12)10-24/h6-8,13,15-17H,9-11H2,1-5H3,(H2,29,36)(H,31,37)(H,32,34)/t13-,15-,16-,17?,24?/m0/s1. The van der Waals surface area contributed by atoms with E-state index in [1.54, 1.807) is 18.3 Å². The van der Waals surface area contributed by atoms with E-state index in [0.717, 1.165) is 5.56 Å². The van der Waals surface area contributed by atoms with E-state index in [1.807, 2.05) is 19.2 Å². The Morgan fingerprint density at radius 3 is 2.35 bits per heavy atom. The minimum Gasteiger partial charge on any atom is -0.368 e. The summed E-state index contributed by atoms with van der Waals surface area (Å²) < 4.78 is 39.1. The first-order chi connectivity index (χ1) is 16.9. The van der Waals surface area contributed by atoms with E-state index in [-0.39, 0.29) is 36.6 Å². The van der Waals surface area contributed by atoms with Gasteiger partial charge >= 0.3 is 12.1 Å². The van der Waals surface area contributed by atoms with Crippen LogP contribution in [0, 0.1) is 22.7 Å². The number of hydrogen-bond donors (Lipinski definition) is 3. The third-order valence-corrected chi connectivity index (χ3v) is 8.19. The Hall–Kier alpha value is -3.18. The second-order valence-electron chi connectivity index (χ2n) is 12.1. The van der Waals surface area contributed by atoms with Crippen LogP contribution in [0.4, 0.5) is 13.2 Å². The van der Waals surface area contributed by atoms with Gasteiger partial charge in [0, 0.05) is 31.3 Å². The monoisotopic (exact) mass is 523 g/mol. The number of amides is 4. The fourth-order valence-corrected chi connectivity index (χ4v) is 5.94. The van der Waals surface area contributed by atoms with Crippen LogP contribution in [0.3, 0.4) is 0 Å². The largest absolute Gasteiger partial charge is 0.471 e. The lowest BCUT2D eigenvalue weighted by Gasteiger charge is -2.38. The second-order valence-corrected chi connectivity index (χ2v) is 12.1. The van der Waals surface area contributed by atoms with E-state index in [2.05, 4.69) is 10.3 Å². The molecule has 3 aliphatic rings. The summed E-state index contributed by atoms with van der Waals surface area (Å²) in [6.45, 7) is 8.66. The number of halogens is 3. The van der Waals surface area contributed by atoms with Gasteiger partial charge in [-0.1, -0.05) is 40.7 Å². The summed E-state index contributed by atoms with van der Waals surface area (Å²) in [5, 5.41) is 4.61. The SMILES string of the molecule is CC(C)(C)C(NC(=O)C(F)(F)F)C(=O)N1C[C@H]2[C@@H]([C@H]1C(=O)NC1(C(N)=O)Cc3cccnc3C1)C2(C)C. The number of fused-ring (bicyclic) bond motifs is 2. The third kappa shape index (κ3) is 4.54. The lowest BCUT2D eigenvalue weighted by molar-refractivity contribution is -0.176. The number of nitrogens with one attached hydrogen (secondary N) is 2. The summed E-state index contributed by atoms with van der Waals surface area (Å²) in [7, 11) is 0. The highest BCUT2D eigenvalue weighted by molar-refractivity contribution is 5.97. The quantitative estimate of drug-likeness (QED) is 0.531. The predicted molar refractivity (Wildman–Crippen MR) is 125 cm³/mol. The van der Waals surface area contributed by atoms with E-state index < -0.39 is 52.8 Å². The van der Waals surface area contributed by atoms with Crippen LogP contribution in [0.1, 0.15) is 45.9 Å². The van der Waals surface area contributed by atoms with Gasteiger partial charge in [0.2, 0.25) is 17.7 Å². The van der Waals surface area contributed by atoms with Crippen molar-refractivity contribution in [1.29, 1.82) is 0 Å². The summed E-state index contributed by atoms with van der Waals surface area (Å²) in [4.78, 5) is 57.2. The second kappa shape index (κ2) is 8.42. The molecule has 37 heavy (non-hydrogen) atoms. The molecule has 9 nitrogen and oxygen atoms in total. The van der Waals surface area contributed by atoms with Crippen molar-refractivity contribution < 1.29 is 32.3 Å². The Bertz CT molecular complexity index is 1130. The average molecular weight is 524 g/mol. The highest BCUT2D eigenvalue weighted by Crippen LogP contribution is 2.65. The van der Waals surface area contributed by atoms with Gasteiger partial charge in [-0.25, -0.2) is 0 Å². The third-order valence-electron chi connectivity index (χ3n) is 8.19. The summed E-state index contributed by atoms with van der Waals surface area (Å²) in [5.41, 5.74) is 4.34. The van der Waals surface area contributed by atoms with E-state index in [1.165, 1.54) is 25.7 Å². The minimum atomic E-state index is -5.17. The number of carbonyl (C=O) groups is 4. The molecular formula is C25H32F3N5O4. The Kier molecular flexibility index (Phi) is 6.12. The minimum absolute atomic E-state index is 0.0573. The molecule has 5 atom stereocenters. The fraction of sp³-hybridized carbons (Fsp3) is 0.640. The van der Waals surface area contributed by atoms with Crippen LogP contribution in [0.25, 0.3) is 0 Å². The van der Waals surface area contributed by atoms with Crippen molar-refractivity contribution in [2.45, 2.75) is 71.3 Å². The average Bonchev–Trinajstić information content (AvgIpc) is 3.13. The van der Waals surface area contributed by atoms with Crippen LogP contribution >= 0.6 is 0 Å². The number of alkyl halides is 3. The molecule has 1 saturated heterocycles. The van der Waals surface area contributed by atoms with Gasteiger partial charge in [-0.15, -0.1) is 0 Å². The number of likely N-dealkylation sites (tertiary alicyclic amines) is 1.